The van der Waals surface area contributed by atoms with Gasteiger partial charge in [0.2, 0.25) is 0 Å². The monoisotopic (exact) mass is 371 g/mol. The van der Waals surface area contributed by atoms with Gasteiger partial charge in [-0.2, -0.15) is 0 Å². The minimum absolute atomic E-state index is 0.292. The average Bonchev–Trinajstić information content (AvgIpc) is 3.09. The second kappa shape index (κ2) is 6.57. The first-order chi connectivity index (χ1) is 12.1. The van der Waals surface area contributed by atoms with Crippen molar-refractivity contribution in [2.75, 3.05) is 5.32 Å². The third-order valence-electron chi connectivity index (χ3n) is 4.38. The molecule has 1 aliphatic rings. The summed E-state index contributed by atoms with van der Waals surface area (Å²) >= 11 is 2.82. The van der Waals surface area contributed by atoms with E-state index in [0.29, 0.717) is 15.6 Å². The fourth-order valence-corrected chi connectivity index (χ4v) is 5.37. The van der Waals surface area contributed by atoms with Crippen molar-refractivity contribution in [3.8, 4) is 0 Å². The Balaban J connectivity index is 1.67. The second-order valence-electron chi connectivity index (χ2n) is 6.07. The van der Waals surface area contributed by atoms with E-state index in [1.54, 1.807) is 0 Å². The van der Waals surface area contributed by atoms with Crippen LogP contribution in [0.25, 0.3) is 10.2 Å². The number of thiophene rings is 1. The van der Waals surface area contributed by atoms with Crippen molar-refractivity contribution >= 4 is 49.7 Å². The molecule has 0 fully saturated rings. The van der Waals surface area contributed by atoms with Gasteiger partial charge in [-0.3, -0.25) is 9.59 Å². The Morgan fingerprint density at radius 3 is 2.68 bits per heavy atom. The van der Waals surface area contributed by atoms with Crippen molar-refractivity contribution < 1.29 is 9.59 Å². The number of carbonyl (C=O) groups excluding carboxylic acids is 2. The van der Waals surface area contributed by atoms with E-state index in [2.05, 4.69) is 10.3 Å². The van der Waals surface area contributed by atoms with Crippen molar-refractivity contribution in [3.05, 3.63) is 45.3 Å². The fourth-order valence-electron chi connectivity index (χ4n) is 3.22. The first-order valence-electron chi connectivity index (χ1n) is 8.25. The molecule has 128 valence electrons. The standard InChI is InChI=1S/C18H17N3O2S2/c19-15(22)14-10-6-2-1-3-8-12(10)24-17(14)21-16(23)18-20-11-7-4-5-9-13(11)25-18/h4-5,7,9H,1-3,6,8H2,(H2,19,22)(H,21,23). The van der Waals surface area contributed by atoms with Crippen LogP contribution < -0.4 is 11.1 Å². The van der Waals surface area contributed by atoms with Gasteiger partial charge in [-0.1, -0.05) is 18.6 Å². The van der Waals surface area contributed by atoms with Gasteiger partial charge in [0.25, 0.3) is 11.8 Å². The number of nitrogens with zero attached hydrogens (tertiary/aromatic N) is 1. The van der Waals surface area contributed by atoms with Gasteiger partial charge >= 0.3 is 0 Å². The summed E-state index contributed by atoms with van der Waals surface area (Å²) in [5, 5.41) is 3.82. The van der Waals surface area contributed by atoms with E-state index in [9.17, 15) is 9.59 Å². The van der Waals surface area contributed by atoms with Crippen LogP contribution >= 0.6 is 22.7 Å². The van der Waals surface area contributed by atoms with E-state index in [1.165, 1.54) is 27.6 Å². The zero-order valence-corrected chi connectivity index (χ0v) is 15.1. The number of benzene rings is 1. The Hall–Kier alpha value is -2.25. The Kier molecular flexibility index (Phi) is 4.27. The minimum Gasteiger partial charge on any atom is -0.365 e. The summed E-state index contributed by atoms with van der Waals surface area (Å²) in [5.74, 6) is -0.765. The number of fused-ring (bicyclic) bond motifs is 2. The van der Waals surface area contributed by atoms with E-state index in [4.69, 9.17) is 5.73 Å². The lowest BCUT2D eigenvalue weighted by molar-refractivity contribution is 0.100. The Bertz CT molecular complexity index is 941. The van der Waals surface area contributed by atoms with Gasteiger partial charge in [0.05, 0.1) is 15.8 Å². The summed E-state index contributed by atoms with van der Waals surface area (Å²) in [6, 6.07) is 7.63. The number of nitrogens with one attached hydrogen (secondary N) is 1. The molecule has 7 heteroatoms. The van der Waals surface area contributed by atoms with Gasteiger partial charge in [-0.05, 0) is 43.4 Å². The lowest BCUT2D eigenvalue weighted by Crippen LogP contribution is -2.18. The number of hydrogen-bond acceptors (Lipinski definition) is 5. The van der Waals surface area contributed by atoms with Gasteiger partial charge in [-0.15, -0.1) is 22.7 Å². The number of aryl methyl sites for hydroxylation is 1. The molecule has 0 radical (unpaired) electrons. The highest BCUT2D eigenvalue weighted by molar-refractivity contribution is 7.20. The number of primary amides is 1. The van der Waals surface area contributed by atoms with Gasteiger partial charge in [0.1, 0.15) is 5.00 Å². The molecule has 2 heterocycles. The number of rotatable bonds is 3. The summed E-state index contributed by atoms with van der Waals surface area (Å²) in [7, 11) is 0. The first-order valence-corrected chi connectivity index (χ1v) is 9.88. The molecule has 2 amide bonds. The summed E-state index contributed by atoms with van der Waals surface area (Å²) in [6.45, 7) is 0. The van der Waals surface area contributed by atoms with Crippen LogP contribution in [0.2, 0.25) is 0 Å². The van der Waals surface area contributed by atoms with Crippen molar-refractivity contribution in [1.82, 2.24) is 4.98 Å². The summed E-state index contributed by atoms with van der Waals surface area (Å²) in [5.41, 5.74) is 7.92. The largest absolute Gasteiger partial charge is 0.365 e. The van der Waals surface area contributed by atoms with Crippen molar-refractivity contribution in [2.24, 2.45) is 5.73 Å². The molecule has 0 spiro atoms. The third-order valence-corrected chi connectivity index (χ3v) is 6.63. The molecule has 3 N–H and O–H groups in total. The van der Waals surface area contributed by atoms with E-state index in [0.717, 1.165) is 47.9 Å². The van der Waals surface area contributed by atoms with Crippen LogP contribution in [0.3, 0.4) is 0 Å². The Morgan fingerprint density at radius 2 is 1.88 bits per heavy atom. The minimum atomic E-state index is -0.473. The third kappa shape index (κ3) is 3.05. The predicted molar refractivity (Wildman–Crippen MR) is 102 cm³/mol. The number of carbonyl (C=O) groups is 2. The van der Waals surface area contributed by atoms with E-state index >= 15 is 0 Å². The topological polar surface area (TPSA) is 85.1 Å². The lowest BCUT2D eigenvalue weighted by Gasteiger charge is -2.04. The summed E-state index contributed by atoms with van der Waals surface area (Å²) < 4.78 is 0.963. The lowest BCUT2D eigenvalue weighted by atomic mass is 10.1. The summed E-state index contributed by atoms with van der Waals surface area (Å²) in [4.78, 5) is 30.2. The van der Waals surface area contributed by atoms with Gasteiger partial charge in [-0.25, -0.2) is 4.98 Å². The molecule has 4 rings (SSSR count). The zero-order chi connectivity index (χ0) is 17.4. The molecule has 0 atom stereocenters. The molecule has 2 aromatic heterocycles. The molecule has 3 aromatic rings. The molecule has 1 aromatic carbocycles. The van der Waals surface area contributed by atoms with Crippen LogP contribution in [0.1, 0.15) is 49.9 Å². The number of anilines is 1. The molecule has 0 bridgehead atoms. The van der Waals surface area contributed by atoms with Gasteiger partial charge in [0.15, 0.2) is 5.01 Å². The van der Waals surface area contributed by atoms with Crippen LogP contribution in [-0.2, 0) is 12.8 Å². The Labute approximate surface area is 152 Å². The normalized spacial score (nSPS) is 14.1. The highest BCUT2D eigenvalue weighted by Gasteiger charge is 2.25. The van der Waals surface area contributed by atoms with Crippen LogP contribution in [-0.4, -0.2) is 16.8 Å². The molecule has 1 aliphatic carbocycles. The van der Waals surface area contributed by atoms with Gasteiger partial charge < -0.3 is 11.1 Å². The highest BCUT2D eigenvalue weighted by atomic mass is 32.1. The Morgan fingerprint density at radius 1 is 1.08 bits per heavy atom. The molecule has 0 aliphatic heterocycles. The van der Waals surface area contributed by atoms with E-state index < -0.39 is 5.91 Å². The zero-order valence-electron chi connectivity index (χ0n) is 13.5. The predicted octanol–water partition coefficient (Wildman–Crippen LogP) is 3.98. The van der Waals surface area contributed by atoms with Crippen LogP contribution in [0.4, 0.5) is 5.00 Å². The first kappa shape index (κ1) is 16.2. The quantitative estimate of drug-likeness (QED) is 0.683. The smallest absolute Gasteiger partial charge is 0.285 e. The SMILES string of the molecule is NC(=O)c1c(NC(=O)c2nc3ccccc3s2)sc2c1CCCCC2. The van der Waals surface area contributed by atoms with Gasteiger partial charge in [0, 0.05) is 4.88 Å². The maximum absolute atomic E-state index is 12.6. The van der Waals surface area contributed by atoms with Crippen LogP contribution in [0.15, 0.2) is 24.3 Å². The van der Waals surface area contributed by atoms with E-state index in [-0.39, 0.29) is 5.91 Å². The molecular formula is C18H17N3O2S2. The fraction of sp³-hybridized carbons (Fsp3) is 0.278. The molecule has 0 unspecified atom stereocenters. The average molecular weight is 371 g/mol. The van der Waals surface area contributed by atoms with Crippen molar-refractivity contribution in [3.63, 3.8) is 0 Å². The highest BCUT2D eigenvalue weighted by Crippen LogP contribution is 2.37. The number of para-hydroxylation sites is 1. The second-order valence-corrected chi connectivity index (χ2v) is 8.21. The maximum atomic E-state index is 12.6. The number of nitrogens with two attached hydrogens (primary N) is 1. The number of hydrogen-bond donors (Lipinski definition) is 2. The van der Waals surface area contributed by atoms with Crippen molar-refractivity contribution in [1.29, 1.82) is 0 Å². The van der Waals surface area contributed by atoms with Crippen LogP contribution in [0, 0.1) is 0 Å². The summed E-state index contributed by atoms with van der Waals surface area (Å²) in [6.07, 6.45) is 5.11. The van der Waals surface area contributed by atoms with E-state index in [1.807, 2.05) is 24.3 Å². The molecule has 0 saturated carbocycles. The maximum Gasteiger partial charge on any atom is 0.285 e. The number of thiazole rings is 1. The molecule has 0 saturated heterocycles. The molecule has 25 heavy (non-hydrogen) atoms. The number of aromatic nitrogens is 1. The molecular weight excluding hydrogens is 354 g/mol. The molecule has 5 nitrogen and oxygen atoms in total. The number of amides is 2. The van der Waals surface area contributed by atoms with Crippen molar-refractivity contribution in [2.45, 2.75) is 32.1 Å². The van der Waals surface area contributed by atoms with Crippen LogP contribution in [0.5, 0.6) is 0 Å².